The molecular weight excluding hydrogens is 236 g/mol. The maximum Gasteiger partial charge on any atom is 0.0589 e. The molecule has 0 saturated carbocycles. The van der Waals surface area contributed by atoms with E-state index in [4.69, 9.17) is 4.74 Å². The van der Waals surface area contributed by atoms with Crippen LogP contribution in [-0.4, -0.2) is 45.3 Å². The maximum absolute atomic E-state index is 5.14. The average molecular weight is 264 g/mol. The van der Waals surface area contributed by atoms with Crippen LogP contribution in [0.4, 0.5) is 0 Å². The van der Waals surface area contributed by atoms with Crippen LogP contribution in [-0.2, 0) is 4.74 Å². The van der Waals surface area contributed by atoms with Gasteiger partial charge in [-0.15, -0.1) is 0 Å². The molecule has 0 aliphatic heterocycles. The van der Waals surface area contributed by atoms with E-state index in [1.807, 2.05) is 0 Å². The van der Waals surface area contributed by atoms with E-state index in [1.54, 1.807) is 7.11 Å². The monoisotopic (exact) mass is 264 g/mol. The van der Waals surface area contributed by atoms with Gasteiger partial charge in [0.15, 0.2) is 0 Å². The second kappa shape index (κ2) is 8.31. The number of nitrogens with one attached hydrogen (secondary N) is 1. The van der Waals surface area contributed by atoms with Gasteiger partial charge >= 0.3 is 0 Å². The van der Waals surface area contributed by atoms with Crippen LogP contribution in [0.15, 0.2) is 18.2 Å². The molecule has 0 bridgehead atoms. The highest BCUT2D eigenvalue weighted by Crippen LogP contribution is 2.18. The highest BCUT2D eigenvalue weighted by atomic mass is 16.5. The second-order valence-corrected chi connectivity index (χ2v) is 5.29. The SMILES string of the molecule is CCNC(CN(C)CCOC)c1cc(C)cc(C)c1. The van der Waals surface area contributed by atoms with Gasteiger partial charge in [-0.1, -0.05) is 36.2 Å². The first-order valence-electron chi connectivity index (χ1n) is 7.05. The van der Waals surface area contributed by atoms with Crippen LogP contribution in [0.3, 0.4) is 0 Å². The summed E-state index contributed by atoms with van der Waals surface area (Å²) in [7, 11) is 3.89. The molecule has 0 aliphatic carbocycles. The van der Waals surface area contributed by atoms with Crippen LogP contribution in [0.25, 0.3) is 0 Å². The van der Waals surface area contributed by atoms with Crippen LogP contribution in [0.1, 0.15) is 29.7 Å². The minimum absolute atomic E-state index is 0.380. The minimum atomic E-state index is 0.380. The van der Waals surface area contributed by atoms with Crippen molar-refractivity contribution in [2.24, 2.45) is 0 Å². The van der Waals surface area contributed by atoms with Gasteiger partial charge in [0, 0.05) is 26.2 Å². The van der Waals surface area contributed by atoms with Crippen LogP contribution in [0, 0.1) is 13.8 Å². The number of hydrogen-bond acceptors (Lipinski definition) is 3. The van der Waals surface area contributed by atoms with Crippen molar-refractivity contribution in [3.05, 3.63) is 34.9 Å². The lowest BCUT2D eigenvalue weighted by Crippen LogP contribution is -2.34. The molecule has 0 fully saturated rings. The molecule has 1 rings (SSSR count). The Balaban J connectivity index is 2.75. The Hall–Kier alpha value is -0.900. The zero-order valence-electron chi connectivity index (χ0n) is 13.0. The molecule has 3 nitrogen and oxygen atoms in total. The normalized spacial score (nSPS) is 12.9. The van der Waals surface area contributed by atoms with E-state index in [9.17, 15) is 0 Å². The van der Waals surface area contributed by atoms with E-state index in [2.05, 4.69) is 56.2 Å². The topological polar surface area (TPSA) is 24.5 Å². The van der Waals surface area contributed by atoms with Gasteiger partial charge < -0.3 is 15.0 Å². The Kier molecular flexibility index (Phi) is 7.06. The highest BCUT2D eigenvalue weighted by Gasteiger charge is 2.13. The van der Waals surface area contributed by atoms with E-state index >= 15 is 0 Å². The fourth-order valence-corrected chi connectivity index (χ4v) is 2.40. The van der Waals surface area contributed by atoms with Gasteiger partial charge in [0.1, 0.15) is 0 Å². The molecule has 108 valence electrons. The third kappa shape index (κ3) is 5.72. The van der Waals surface area contributed by atoms with Crippen LogP contribution in [0.2, 0.25) is 0 Å². The van der Waals surface area contributed by atoms with E-state index in [0.29, 0.717) is 6.04 Å². The maximum atomic E-state index is 5.14. The summed E-state index contributed by atoms with van der Waals surface area (Å²) in [6.45, 7) is 10.2. The van der Waals surface area contributed by atoms with Crippen LogP contribution >= 0.6 is 0 Å². The number of ether oxygens (including phenoxy) is 1. The van der Waals surface area contributed by atoms with Crippen LogP contribution in [0.5, 0.6) is 0 Å². The van der Waals surface area contributed by atoms with Gasteiger partial charge in [-0.25, -0.2) is 0 Å². The molecule has 1 aromatic carbocycles. The third-order valence-corrected chi connectivity index (χ3v) is 3.27. The van der Waals surface area contributed by atoms with Gasteiger partial charge in [0.25, 0.3) is 0 Å². The summed E-state index contributed by atoms with van der Waals surface area (Å²) >= 11 is 0. The number of likely N-dealkylation sites (N-methyl/N-ethyl adjacent to an activating group) is 2. The van der Waals surface area contributed by atoms with E-state index < -0.39 is 0 Å². The number of hydrogen-bond donors (Lipinski definition) is 1. The molecule has 0 heterocycles. The first kappa shape index (κ1) is 16.2. The van der Waals surface area contributed by atoms with Crippen molar-refractivity contribution in [1.29, 1.82) is 0 Å². The number of methoxy groups -OCH3 is 1. The van der Waals surface area contributed by atoms with E-state index in [-0.39, 0.29) is 0 Å². The van der Waals surface area contributed by atoms with Crippen molar-refractivity contribution >= 4 is 0 Å². The lowest BCUT2D eigenvalue weighted by atomic mass is 10.0. The molecule has 19 heavy (non-hydrogen) atoms. The molecule has 0 aromatic heterocycles. The lowest BCUT2D eigenvalue weighted by molar-refractivity contribution is 0.155. The van der Waals surface area contributed by atoms with Crippen molar-refractivity contribution in [3.63, 3.8) is 0 Å². The molecule has 0 spiro atoms. The molecule has 0 saturated heterocycles. The van der Waals surface area contributed by atoms with Crippen molar-refractivity contribution < 1.29 is 4.74 Å². The summed E-state index contributed by atoms with van der Waals surface area (Å²) in [6.07, 6.45) is 0. The van der Waals surface area contributed by atoms with Gasteiger partial charge in [0.05, 0.1) is 6.61 Å². The van der Waals surface area contributed by atoms with Crippen LogP contribution < -0.4 is 5.32 Å². The molecule has 1 N–H and O–H groups in total. The Morgan fingerprint density at radius 3 is 2.37 bits per heavy atom. The van der Waals surface area contributed by atoms with Gasteiger partial charge in [-0.2, -0.15) is 0 Å². The number of benzene rings is 1. The molecule has 1 aromatic rings. The molecule has 3 heteroatoms. The van der Waals surface area contributed by atoms with Gasteiger partial charge in [-0.05, 0) is 33.0 Å². The minimum Gasteiger partial charge on any atom is -0.383 e. The third-order valence-electron chi connectivity index (χ3n) is 3.27. The molecular formula is C16H28N2O. The number of rotatable bonds is 8. The quantitative estimate of drug-likeness (QED) is 0.781. The molecule has 0 amide bonds. The fourth-order valence-electron chi connectivity index (χ4n) is 2.40. The first-order chi connectivity index (χ1) is 9.06. The predicted octanol–water partition coefficient (Wildman–Crippen LogP) is 2.53. The van der Waals surface area contributed by atoms with Gasteiger partial charge in [0.2, 0.25) is 0 Å². The summed E-state index contributed by atoms with van der Waals surface area (Å²) in [5, 5.41) is 3.58. The first-order valence-corrected chi connectivity index (χ1v) is 7.05. The molecule has 1 unspecified atom stereocenters. The molecule has 0 radical (unpaired) electrons. The average Bonchev–Trinajstić information content (AvgIpc) is 2.34. The zero-order valence-corrected chi connectivity index (χ0v) is 13.0. The Morgan fingerprint density at radius 2 is 1.84 bits per heavy atom. The Bertz CT molecular complexity index is 359. The Morgan fingerprint density at radius 1 is 1.21 bits per heavy atom. The largest absolute Gasteiger partial charge is 0.383 e. The predicted molar refractivity (Wildman–Crippen MR) is 81.7 cm³/mol. The number of nitrogens with zero attached hydrogens (tertiary/aromatic N) is 1. The lowest BCUT2D eigenvalue weighted by Gasteiger charge is -2.25. The Labute approximate surface area is 118 Å². The van der Waals surface area contributed by atoms with Gasteiger partial charge in [-0.3, -0.25) is 0 Å². The standard InChI is InChI=1S/C16H28N2O/c1-6-17-16(12-18(4)7-8-19-5)15-10-13(2)9-14(3)11-15/h9-11,16-17H,6-8,12H2,1-5H3. The smallest absolute Gasteiger partial charge is 0.0589 e. The van der Waals surface area contributed by atoms with Crippen molar-refractivity contribution in [2.75, 3.05) is 40.4 Å². The van der Waals surface area contributed by atoms with Crippen molar-refractivity contribution in [1.82, 2.24) is 10.2 Å². The summed E-state index contributed by atoms with van der Waals surface area (Å²) < 4.78 is 5.14. The second-order valence-electron chi connectivity index (χ2n) is 5.29. The number of aryl methyl sites for hydroxylation is 2. The summed E-state index contributed by atoms with van der Waals surface area (Å²) in [5.74, 6) is 0. The zero-order chi connectivity index (χ0) is 14.3. The van der Waals surface area contributed by atoms with Crippen molar-refractivity contribution in [3.8, 4) is 0 Å². The fraction of sp³-hybridized carbons (Fsp3) is 0.625. The summed E-state index contributed by atoms with van der Waals surface area (Å²) in [5.41, 5.74) is 4.04. The van der Waals surface area contributed by atoms with Crippen molar-refractivity contribution in [2.45, 2.75) is 26.8 Å². The van der Waals surface area contributed by atoms with E-state index in [1.165, 1.54) is 16.7 Å². The molecule has 1 atom stereocenters. The molecule has 0 aliphatic rings. The summed E-state index contributed by atoms with van der Waals surface area (Å²) in [6, 6.07) is 7.17. The van der Waals surface area contributed by atoms with E-state index in [0.717, 1.165) is 26.2 Å². The summed E-state index contributed by atoms with van der Waals surface area (Å²) in [4.78, 5) is 2.31. The highest BCUT2D eigenvalue weighted by molar-refractivity contribution is 5.30.